The van der Waals surface area contributed by atoms with Gasteiger partial charge in [0.05, 0.1) is 7.11 Å². The maximum atomic E-state index is 5.50. The molecule has 0 saturated heterocycles. The minimum Gasteiger partial charge on any atom is -0.496 e. The lowest BCUT2D eigenvalue weighted by molar-refractivity contribution is 0.410. The molecule has 0 radical (unpaired) electrons. The van der Waals surface area contributed by atoms with Crippen LogP contribution in [0.25, 0.3) is 0 Å². The molecule has 0 unspecified atom stereocenters. The van der Waals surface area contributed by atoms with Crippen LogP contribution in [0.4, 0.5) is 5.69 Å². The minimum atomic E-state index is 0.774. The van der Waals surface area contributed by atoms with E-state index in [-0.39, 0.29) is 0 Å². The molecule has 0 amide bonds. The van der Waals surface area contributed by atoms with Crippen molar-refractivity contribution in [2.45, 2.75) is 26.2 Å². The van der Waals surface area contributed by atoms with E-state index >= 15 is 0 Å². The Balaban J connectivity index is 2.70. The molecular weight excluding hydrogens is 212 g/mol. The highest BCUT2D eigenvalue weighted by atomic mass is 16.5. The number of nitrogens with two attached hydrogens (primary N) is 1. The number of hydrogen-bond donors (Lipinski definition) is 1. The summed E-state index contributed by atoms with van der Waals surface area (Å²) in [6, 6.07) is 6.37. The second kappa shape index (κ2) is 7.17. The van der Waals surface area contributed by atoms with Crippen LogP contribution in [-0.4, -0.2) is 27.2 Å². The van der Waals surface area contributed by atoms with Crippen molar-refractivity contribution in [1.82, 2.24) is 0 Å². The molecule has 96 valence electrons. The molecule has 2 N–H and O–H groups in total. The maximum Gasteiger partial charge on any atom is 0.122 e. The van der Waals surface area contributed by atoms with Crippen LogP contribution >= 0.6 is 0 Å². The molecule has 3 heteroatoms. The second-order valence-electron chi connectivity index (χ2n) is 4.27. The van der Waals surface area contributed by atoms with Gasteiger partial charge in [-0.2, -0.15) is 0 Å². The van der Waals surface area contributed by atoms with Crippen LogP contribution < -0.4 is 15.4 Å². The Bertz CT molecular complexity index is 339. The normalized spacial score (nSPS) is 10.4. The van der Waals surface area contributed by atoms with Crippen LogP contribution in [0.3, 0.4) is 0 Å². The molecule has 0 bridgehead atoms. The van der Waals surface area contributed by atoms with Crippen LogP contribution in [-0.2, 0) is 6.42 Å². The Labute approximate surface area is 105 Å². The standard InChI is InChI=1S/C14H24N2O/c1-4-12-11-13(7-8-14(12)17-3)16(2)10-6-5-9-15/h7-8,11H,4-6,9-10,15H2,1-3H3. The molecule has 0 heterocycles. The van der Waals surface area contributed by atoms with E-state index in [1.807, 2.05) is 6.07 Å². The smallest absolute Gasteiger partial charge is 0.122 e. The first-order valence-corrected chi connectivity index (χ1v) is 6.31. The van der Waals surface area contributed by atoms with Gasteiger partial charge >= 0.3 is 0 Å². The van der Waals surface area contributed by atoms with Crippen LogP contribution in [0, 0.1) is 0 Å². The van der Waals surface area contributed by atoms with Crippen LogP contribution in [0.1, 0.15) is 25.3 Å². The van der Waals surface area contributed by atoms with Gasteiger partial charge in [0.25, 0.3) is 0 Å². The minimum absolute atomic E-state index is 0.774. The summed E-state index contributed by atoms with van der Waals surface area (Å²) in [5.74, 6) is 0.978. The van der Waals surface area contributed by atoms with Gasteiger partial charge < -0.3 is 15.4 Å². The van der Waals surface area contributed by atoms with E-state index in [0.29, 0.717) is 0 Å². The Hall–Kier alpha value is -1.22. The summed E-state index contributed by atoms with van der Waals surface area (Å²) in [7, 11) is 3.84. The summed E-state index contributed by atoms with van der Waals surface area (Å²) < 4.78 is 5.33. The van der Waals surface area contributed by atoms with E-state index in [4.69, 9.17) is 10.5 Å². The number of rotatable bonds is 7. The van der Waals surface area contributed by atoms with Crippen molar-refractivity contribution >= 4 is 5.69 Å². The molecule has 0 saturated carbocycles. The van der Waals surface area contributed by atoms with Gasteiger partial charge in [0.2, 0.25) is 0 Å². The van der Waals surface area contributed by atoms with E-state index in [0.717, 1.165) is 38.1 Å². The third-order valence-corrected chi connectivity index (χ3v) is 3.03. The summed E-state index contributed by atoms with van der Waals surface area (Å²) in [5, 5.41) is 0. The number of nitrogens with zero attached hydrogens (tertiary/aromatic N) is 1. The topological polar surface area (TPSA) is 38.5 Å². The van der Waals surface area contributed by atoms with Crippen molar-refractivity contribution in [3.8, 4) is 5.75 Å². The Morgan fingerprint density at radius 3 is 2.65 bits per heavy atom. The molecule has 17 heavy (non-hydrogen) atoms. The van der Waals surface area contributed by atoms with E-state index in [1.54, 1.807) is 7.11 Å². The number of benzene rings is 1. The first kappa shape index (κ1) is 13.8. The van der Waals surface area contributed by atoms with E-state index in [1.165, 1.54) is 11.3 Å². The molecule has 0 fully saturated rings. The average Bonchev–Trinajstić information content (AvgIpc) is 2.38. The van der Waals surface area contributed by atoms with E-state index < -0.39 is 0 Å². The van der Waals surface area contributed by atoms with Gasteiger partial charge in [-0.3, -0.25) is 0 Å². The summed E-state index contributed by atoms with van der Waals surface area (Å²) in [6.07, 6.45) is 3.22. The van der Waals surface area contributed by atoms with Crippen LogP contribution in [0.5, 0.6) is 5.75 Å². The summed E-state index contributed by atoms with van der Waals surface area (Å²) in [5.41, 5.74) is 8.01. The summed E-state index contributed by atoms with van der Waals surface area (Å²) in [4.78, 5) is 2.27. The largest absolute Gasteiger partial charge is 0.496 e. The first-order chi connectivity index (χ1) is 8.22. The van der Waals surface area contributed by atoms with Gasteiger partial charge in [0.15, 0.2) is 0 Å². The third-order valence-electron chi connectivity index (χ3n) is 3.03. The molecule has 1 rings (SSSR count). The third kappa shape index (κ3) is 3.93. The average molecular weight is 236 g/mol. The van der Waals surface area contributed by atoms with Gasteiger partial charge in [0, 0.05) is 19.3 Å². The molecule has 0 atom stereocenters. The second-order valence-corrected chi connectivity index (χ2v) is 4.27. The summed E-state index contributed by atoms with van der Waals surface area (Å²) >= 11 is 0. The number of hydrogen-bond acceptors (Lipinski definition) is 3. The molecule has 0 aromatic heterocycles. The number of methoxy groups -OCH3 is 1. The first-order valence-electron chi connectivity index (χ1n) is 6.31. The quantitative estimate of drug-likeness (QED) is 0.739. The lowest BCUT2D eigenvalue weighted by atomic mass is 10.1. The number of aryl methyl sites for hydroxylation is 1. The van der Waals surface area contributed by atoms with Crippen molar-refractivity contribution in [3.05, 3.63) is 23.8 Å². The lowest BCUT2D eigenvalue weighted by Crippen LogP contribution is -2.19. The van der Waals surface area contributed by atoms with Gasteiger partial charge in [-0.25, -0.2) is 0 Å². The predicted molar refractivity (Wildman–Crippen MR) is 73.9 cm³/mol. The van der Waals surface area contributed by atoms with Crippen molar-refractivity contribution in [1.29, 1.82) is 0 Å². The Kier molecular flexibility index (Phi) is 5.84. The zero-order valence-corrected chi connectivity index (χ0v) is 11.2. The van der Waals surface area contributed by atoms with Gasteiger partial charge in [0.1, 0.15) is 5.75 Å². The maximum absolute atomic E-state index is 5.50. The van der Waals surface area contributed by atoms with Crippen molar-refractivity contribution < 1.29 is 4.74 Å². The zero-order chi connectivity index (χ0) is 12.7. The Morgan fingerprint density at radius 2 is 2.06 bits per heavy atom. The number of anilines is 1. The number of unbranched alkanes of at least 4 members (excludes halogenated alkanes) is 1. The van der Waals surface area contributed by atoms with E-state index in [9.17, 15) is 0 Å². The molecule has 0 aliphatic heterocycles. The highest BCUT2D eigenvalue weighted by Gasteiger charge is 2.05. The Morgan fingerprint density at radius 1 is 1.29 bits per heavy atom. The highest BCUT2D eigenvalue weighted by molar-refractivity contribution is 5.52. The van der Waals surface area contributed by atoms with Crippen molar-refractivity contribution in [2.75, 3.05) is 32.1 Å². The summed E-state index contributed by atoms with van der Waals surface area (Å²) in [6.45, 7) is 3.97. The SMILES string of the molecule is CCc1cc(N(C)CCCCN)ccc1OC. The molecule has 0 aliphatic rings. The van der Waals surface area contributed by atoms with Crippen LogP contribution in [0.2, 0.25) is 0 Å². The predicted octanol–water partition coefficient (Wildman–Crippen LogP) is 2.43. The lowest BCUT2D eigenvalue weighted by Gasteiger charge is -2.20. The fourth-order valence-corrected chi connectivity index (χ4v) is 1.90. The molecule has 3 nitrogen and oxygen atoms in total. The van der Waals surface area contributed by atoms with E-state index in [2.05, 4.69) is 31.0 Å². The molecular formula is C14H24N2O. The number of ether oxygens (including phenoxy) is 1. The fraction of sp³-hybridized carbons (Fsp3) is 0.571. The highest BCUT2D eigenvalue weighted by Crippen LogP contribution is 2.24. The van der Waals surface area contributed by atoms with Gasteiger partial charge in [-0.15, -0.1) is 0 Å². The van der Waals surface area contributed by atoms with Crippen molar-refractivity contribution in [2.24, 2.45) is 5.73 Å². The van der Waals surface area contributed by atoms with Gasteiger partial charge in [-0.05, 0) is 49.6 Å². The molecule has 0 aliphatic carbocycles. The zero-order valence-electron chi connectivity index (χ0n) is 11.2. The molecule has 0 spiro atoms. The fourth-order valence-electron chi connectivity index (χ4n) is 1.90. The van der Waals surface area contributed by atoms with Crippen LogP contribution in [0.15, 0.2) is 18.2 Å². The van der Waals surface area contributed by atoms with Gasteiger partial charge in [-0.1, -0.05) is 6.92 Å². The van der Waals surface area contributed by atoms with Crippen molar-refractivity contribution in [3.63, 3.8) is 0 Å². The molecule has 1 aromatic rings. The molecule has 1 aromatic carbocycles. The monoisotopic (exact) mass is 236 g/mol.